The number of hydrogen-bond donors (Lipinski definition) is 0. The number of carbonyl (C=O) groups excluding carboxylic acids is 1. The molecule has 3 heteroatoms. The molecule has 17 heavy (non-hydrogen) atoms. The molecule has 3 nitrogen and oxygen atoms in total. The minimum Gasteiger partial charge on any atom is -0.342 e. The Kier molecular flexibility index (Phi) is 3.23. The smallest absolute Gasteiger partial charge is 0.222 e. The minimum absolute atomic E-state index is 0.284. The topological polar surface area (TPSA) is 23.6 Å². The largest absolute Gasteiger partial charge is 0.342 e. The number of carbonyl (C=O) groups is 1. The van der Waals surface area contributed by atoms with Crippen molar-refractivity contribution >= 4 is 5.91 Å². The lowest BCUT2D eigenvalue weighted by Crippen LogP contribution is -2.63. The first-order valence-corrected chi connectivity index (χ1v) is 6.89. The minimum atomic E-state index is 0.284. The first-order chi connectivity index (χ1) is 7.86. The lowest BCUT2D eigenvalue weighted by atomic mass is 9.76. The molecule has 0 aromatic heterocycles. The maximum Gasteiger partial charge on any atom is 0.222 e. The van der Waals surface area contributed by atoms with Gasteiger partial charge in [-0.05, 0) is 33.6 Å². The summed E-state index contributed by atoms with van der Waals surface area (Å²) in [7, 11) is 0. The predicted molar refractivity (Wildman–Crippen MR) is 69.9 cm³/mol. The molecule has 0 aromatic carbocycles. The average molecular weight is 238 g/mol. The van der Waals surface area contributed by atoms with Gasteiger partial charge in [-0.2, -0.15) is 0 Å². The van der Waals surface area contributed by atoms with Gasteiger partial charge >= 0.3 is 0 Å². The number of rotatable bonds is 2. The first kappa shape index (κ1) is 12.9. The second kappa shape index (κ2) is 4.27. The molecule has 0 aliphatic carbocycles. The van der Waals surface area contributed by atoms with Crippen molar-refractivity contribution in [3.05, 3.63) is 0 Å². The maximum atomic E-state index is 11.9. The van der Waals surface area contributed by atoms with Crippen molar-refractivity contribution in [2.75, 3.05) is 26.2 Å². The Bertz CT molecular complexity index is 300. The van der Waals surface area contributed by atoms with Crippen LogP contribution in [0.25, 0.3) is 0 Å². The third kappa shape index (κ3) is 2.49. The van der Waals surface area contributed by atoms with Gasteiger partial charge in [0.2, 0.25) is 5.91 Å². The van der Waals surface area contributed by atoms with Gasteiger partial charge in [-0.3, -0.25) is 9.69 Å². The van der Waals surface area contributed by atoms with E-state index in [1.807, 2.05) is 0 Å². The number of likely N-dealkylation sites (tertiary alicyclic amines) is 2. The molecule has 2 fully saturated rings. The summed E-state index contributed by atoms with van der Waals surface area (Å²) in [5.41, 5.74) is 0.711. The van der Waals surface area contributed by atoms with E-state index >= 15 is 0 Å². The predicted octanol–water partition coefficient (Wildman–Crippen LogP) is 2.12. The molecule has 0 N–H and O–H groups in total. The van der Waals surface area contributed by atoms with E-state index in [0.29, 0.717) is 11.3 Å². The van der Waals surface area contributed by atoms with Crippen LogP contribution in [0.1, 0.15) is 47.0 Å². The van der Waals surface area contributed by atoms with Gasteiger partial charge in [-0.1, -0.05) is 6.92 Å². The van der Waals surface area contributed by atoms with Crippen molar-refractivity contribution < 1.29 is 4.79 Å². The number of hydrogen-bond acceptors (Lipinski definition) is 2. The summed E-state index contributed by atoms with van der Waals surface area (Å²) in [6, 6.07) is 0. The summed E-state index contributed by atoms with van der Waals surface area (Å²) in [6.45, 7) is 13.2. The van der Waals surface area contributed by atoms with Crippen LogP contribution in [0, 0.1) is 5.41 Å². The molecule has 98 valence electrons. The van der Waals surface area contributed by atoms with Crippen LogP contribution in [-0.2, 0) is 4.79 Å². The van der Waals surface area contributed by atoms with E-state index in [0.717, 1.165) is 25.9 Å². The van der Waals surface area contributed by atoms with Crippen LogP contribution in [0.3, 0.4) is 0 Å². The standard InChI is InChI=1S/C14H26N2O/c1-5-6-12(17)15-8-7-14(9-15)10-16(11-14)13(2,3)4/h5-11H2,1-4H3. The first-order valence-electron chi connectivity index (χ1n) is 6.89. The molecule has 0 atom stereocenters. The zero-order valence-corrected chi connectivity index (χ0v) is 11.8. The van der Waals surface area contributed by atoms with E-state index in [9.17, 15) is 4.79 Å². The highest BCUT2D eigenvalue weighted by Gasteiger charge is 2.50. The molecule has 1 amide bonds. The molecule has 0 unspecified atom stereocenters. The molecule has 2 aliphatic rings. The summed E-state index contributed by atoms with van der Waals surface area (Å²) in [6.07, 6.45) is 2.89. The second-order valence-electron chi connectivity index (χ2n) is 6.84. The fraction of sp³-hybridized carbons (Fsp3) is 0.929. The molecule has 0 aromatic rings. The van der Waals surface area contributed by atoms with E-state index in [2.05, 4.69) is 37.5 Å². The third-order valence-electron chi connectivity index (χ3n) is 4.26. The molecule has 2 saturated heterocycles. The van der Waals surface area contributed by atoms with Crippen LogP contribution in [0.4, 0.5) is 0 Å². The molecule has 2 aliphatic heterocycles. The summed E-state index contributed by atoms with van der Waals surface area (Å²) >= 11 is 0. The van der Waals surface area contributed by atoms with Gasteiger partial charge in [0.1, 0.15) is 0 Å². The van der Waals surface area contributed by atoms with Gasteiger partial charge in [-0.25, -0.2) is 0 Å². The van der Waals surface area contributed by atoms with E-state index in [1.54, 1.807) is 0 Å². The van der Waals surface area contributed by atoms with Crippen LogP contribution < -0.4 is 0 Å². The molecule has 2 rings (SSSR count). The Morgan fingerprint density at radius 1 is 1.24 bits per heavy atom. The van der Waals surface area contributed by atoms with Crippen LogP contribution >= 0.6 is 0 Å². The van der Waals surface area contributed by atoms with Crippen molar-refractivity contribution in [1.82, 2.24) is 9.80 Å². The van der Waals surface area contributed by atoms with E-state index < -0.39 is 0 Å². The molecule has 0 saturated carbocycles. The van der Waals surface area contributed by atoms with Crippen molar-refractivity contribution in [2.45, 2.75) is 52.5 Å². The third-order valence-corrected chi connectivity index (χ3v) is 4.26. The summed E-state index contributed by atoms with van der Waals surface area (Å²) in [5, 5.41) is 0. The van der Waals surface area contributed by atoms with Crippen molar-refractivity contribution in [2.24, 2.45) is 5.41 Å². The van der Waals surface area contributed by atoms with Gasteiger partial charge in [0, 0.05) is 43.6 Å². The number of nitrogens with zero attached hydrogens (tertiary/aromatic N) is 2. The van der Waals surface area contributed by atoms with Crippen molar-refractivity contribution in [3.8, 4) is 0 Å². The molecule has 0 bridgehead atoms. The van der Waals surface area contributed by atoms with Gasteiger partial charge in [-0.15, -0.1) is 0 Å². The lowest BCUT2D eigenvalue weighted by Gasteiger charge is -2.54. The van der Waals surface area contributed by atoms with Crippen LogP contribution in [-0.4, -0.2) is 47.4 Å². The van der Waals surface area contributed by atoms with Gasteiger partial charge in [0.25, 0.3) is 0 Å². The molecule has 0 radical (unpaired) electrons. The Labute approximate surface area is 105 Å². The SMILES string of the molecule is CCCC(=O)N1CCC2(C1)CN(C(C)(C)C)C2. The molecule has 1 spiro atoms. The Morgan fingerprint density at radius 2 is 1.88 bits per heavy atom. The van der Waals surface area contributed by atoms with E-state index in [1.165, 1.54) is 19.5 Å². The van der Waals surface area contributed by atoms with Crippen LogP contribution in [0.2, 0.25) is 0 Å². The summed E-state index contributed by atoms with van der Waals surface area (Å²) in [4.78, 5) is 16.5. The highest BCUT2D eigenvalue weighted by molar-refractivity contribution is 5.76. The van der Waals surface area contributed by atoms with E-state index in [-0.39, 0.29) is 5.54 Å². The maximum absolute atomic E-state index is 11.9. The van der Waals surface area contributed by atoms with Crippen molar-refractivity contribution in [1.29, 1.82) is 0 Å². The van der Waals surface area contributed by atoms with Crippen LogP contribution in [0.5, 0.6) is 0 Å². The zero-order valence-electron chi connectivity index (χ0n) is 11.8. The summed E-state index contributed by atoms with van der Waals surface area (Å²) in [5.74, 6) is 0.360. The average Bonchev–Trinajstić information content (AvgIpc) is 2.58. The van der Waals surface area contributed by atoms with Gasteiger partial charge < -0.3 is 4.90 Å². The quantitative estimate of drug-likeness (QED) is 0.735. The molecular formula is C14H26N2O. The van der Waals surface area contributed by atoms with Crippen molar-refractivity contribution in [3.63, 3.8) is 0 Å². The fourth-order valence-electron chi connectivity index (χ4n) is 3.02. The second-order valence-corrected chi connectivity index (χ2v) is 6.84. The lowest BCUT2D eigenvalue weighted by molar-refractivity contribution is -0.131. The molecular weight excluding hydrogens is 212 g/mol. The Hall–Kier alpha value is -0.570. The highest BCUT2D eigenvalue weighted by atomic mass is 16.2. The number of amides is 1. The normalized spacial score (nSPS) is 24.1. The fourth-order valence-corrected chi connectivity index (χ4v) is 3.02. The highest BCUT2D eigenvalue weighted by Crippen LogP contribution is 2.42. The Morgan fingerprint density at radius 3 is 2.41 bits per heavy atom. The monoisotopic (exact) mass is 238 g/mol. The zero-order chi connectivity index (χ0) is 12.7. The van der Waals surface area contributed by atoms with Gasteiger partial charge in [0.05, 0.1) is 0 Å². The molecule has 2 heterocycles. The van der Waals surface area contributed by atoms with E-state index in [4.69, 9.17) is 0 Å². The summed E-state index contributed by atoms with van der Waals surface area (Å²) < 4.78 is 0. The van der Waals surface area contributed by atoms with Gasteiger partial charge in [0.15, 0.2) is 0 Å². The van der Waals surface area contributed by atoms with Crippen LogP contribution in [0.15, 0.2) is 0 Å². The Balaban J connectivity index is 1.86.